The van der Waals surface area contributed by atoms with Gasteiger partial charge in [0.1, 0.15) is 5.82 Å². The van der Waals surface area contributed by atoms with Gasteiger partial charge in [0.15, 0.2) is 11.5 Å². The number of carbonyl (C=O) groups excluding carboxylic acids is 1. The normalized spacial score (nSPS) is 10.7. The topological polar surface area (TPSA) is 73.0 Å². The average Bonchev–Trinajstić information content (AvgIpc) is 3.17. The minimum atomic E-state index is -0.340. The van der Waals surface area contributed by atoms with Crippen LogP contribution < -0.4 is 5.32 Å². The van der Waals surface area contributed by atoms with Gasteiger partial charge in [-0.2, -0.15) is 5.10 Å². The summed E-state index contributed by atoms with van der Waals surface area (Å²) in [5, 5.41) is 10.6. The molecule has 0 saturated heterocycles. The molecule has 3 aromatic rings. The Morgan fingerprint density at radius 1 is 1.35 bits per heavy atom. The van der Waals surface area contributed by atoms with Gasteiger partial charge in [-0.1, -0.05) is 5.16 Å². The van der Waals surface area contributed by atoms with Crippen LogP contribution in [0.1, 0.15) is 10.5 Å². The van der Waals surface area contributed by atoms with Gasteiger partial charge in [0, 0.05) is 24.4 Å². The van der Waals surface area contributed by atoms with E-state index in [9.17, 15) is 9.18 Å². The molecule has 0 spiro atoms. The highest BCUT2D eigenvalue weighted by molar-refractivity contribution is 9.10. The summed E-state index contributed by atoms with van der Waals surface area (Å²) < 4.78 is 20.6. The number of rotatable bonds is 5. The Kier molecular flexibility index (Phi) is 4.52. The number of hydrogen-bond acceptors (Lipinski definition) is 4. The van der Waals surface area contributed by atoms with E-state index in [1.54, 1.807) is 23.0 Å². The largest absolute Gasteiger partial charge is 0.355 e. The standard InChI is InChI=1S/C15H12BrFN4O2/c16-11-8-19-21(9-11)6-5-18-15(22)13-7-14(23-20-13)10-1-3-12(17)4-2-10/h1-4,7-9H,5-6H2,(H,18,22). The number of benzene rings is 1. The monoisotopic (exact) mass is 378 g/mol. The molecule has 0 bridgehead atoms. The second kappa shape index (κ2) is 6.74. The van der Waals surface area contributed by atoms with E-state index < -0.39 is 0 Å². The van der Waals surface area contributed by atoms with Crippen molar-refractivity contribution in [3.05, 3.63) is 58.7 Å². The molecule has 6 nitrogen and oxygen atoms in total. The van der Waals surface area contributed by atoms with Gasteiger partial charge in [0.05, 0.1) is 17.2 Å². The first-order valence-electron chi connectivity index (χ1n) is 6.80. The molecule has 1 amide bonds. The van der Waals surface area contributed by atoms with Crippen molar-refractivity contribution in [3.63, 3.8) is 0 Å². The van der Waals surface area contributed by atoms with Crippen molar-refractivity contribution < 1.29 is 13.7 Å². The van der Waals surface area contributed by atoms with Crippen LogP contribution in [0.2, 0.25) is 0 Å². The molecule has 118 valence electrons. The summed E-state index contributed by atoms with van der Waals surface area (Å²) in [4.78, 5) is 12.0. The van der Waals surface area contributed by atoms with Gasteiger partial charge >= 0.3 is 0 Å². The first-order valence-corrected chi connectivity index (χ1v) is 7.60. The lowest BCUT2D eigenvalue weighted by Gasteiger charge is -2.02. The summed E-state index contributed by atoms with van der Waals surface area (Å²) in [7, 11) is 0. The van der Waals surface area contributed by atoms with Crippen molar-refractivity contribution in [2.24, 2.45) is 0 Å². The molecule has 23 heavy (non-hydrogen) atoms. The molecule has 0 saturated carbocycles. The zero-order valence-corrected chi connectivity index (χ0v) is 13.5. The van der Waals surface area contributed by atoms with Crippen molar-refractivity contribution >= 4 is 21.8 Å². The van der Waals surface area contributed by atoms with E-state index in [4.69, 9.17) is 4.52 Å². The minimum Gasteiger partial charge on any atom is -0.355 e. The summed E-state index contributed by atoms with van der Waals surface area (Å²) in [5.41, 5.74) is 0.824. The maximum atomic E-state index is 12.9. The predicted octanol–water partition coefficient (Wildman–Crippen LogP) is 2.87. The Morgan fingerprint density at radius 3 is 2.83 bits per heavy atom. The van der Waals surface area contributed by atoms with Gasteiger partial charge in [0.2, 0.25) is 0 Å². The number of carbonyl (C=O) groups is 1. The van der Waals surface area contributed by atoms with Crippen LogP contribution in [0.4, 0.5) is 4.39 Å². The van der Waals surface area contributed by atoms with Crippen molar-refractivity contribution in [1.29, 1.82) is 0 Å². The zero-order chi connectivity index (χ0) is 16.2. The molecule has 2 heterocycles. The maximum Gasteiger partial charge on any atom is 0.273 e. The third-order valence-electron chi connectivity index (χ3n) is 3.10. The van der Waals surface area contributed by atoms with Gasteiger partial charge < -0.3 is 9.84 Å². The number of hydrogen-bond donors (Lipinski definition) is 1. The maximum absolute atomic E-state index is 12.9. The second-order valence-electron chi connectivity index (χ2n) is 4.76. The van der Waals surface area contributed by atoms with Gasteiger partial charge in [-0.3, -0.25) is 9.48 Å². The SMILES string of the molecule is O=C(NCCn1cc(Br)cn1)c1cc(-c2ccc(F)cc2)on1. The lowest BCUT2D eigenvalue weighted by atomic mass is 10.1. The molecule has 8 heteroatoms. The Balaban J connectivity index is 1.58. The predicted molar refractivity (Wildman–Crippen MR) is 84.2 cm³/mol. The molecule has 0 atom stereocenters. The van der Waals surface area contributed by atoms with E-state index in [1.807, 2.05) is 6.20 Å². The van der Waals surface area contributed by atoms with Gasteiger partial charge in [-0.15, -0.1) is 0 Å². The summed E-state index contributed by atoms with van der Waals surface area (Å²) in [5.74, 6) is -0.268. The van der Waals surface area contributed by atoms with Crippen LogP contribution in [0.5, 0.6) is 0 Å². The Labute approximate surface area is 139 Å². The van der Waals surface area contributed by atoms with E-state index in [0.717, 1.165) is 4.47 Å². The zero-order valence-electron chi connectivity index (χ0n) is 11.9. The first-order chi connectivity index (χ1) is 11.1. The molecule has 2 aromatic heterocycles. The third-order valence-corrected chi connectivity index (χ3v) is 3.51. The third kappa shape index (κ3) is 3.84. The molecule has 0 fully saturated rings. The van der Waals surface area contributed by atoms with E-state index >= 15 is 0 Å². The van der Waals surface area contributed by atoms with E-state index in [-0.39, 0.29) is 17.4 Å². The van der Waals surface area contributed by atoms with Crippen molar-refractivity contribution in [1.82, 2.24) is 20.3 Å². The molecule has 0 aliphatic carbocycles. The van der Waals surface area contributed by atoms with E-state index in [2.05, 4.69) is 31.5 Å². The van der Waals surface area contributed by atoms with Crippen LogP contribution in [0.3, 0.4) is 0 Å². The van der Waals surface area contributed by atoms with E-state index in [0.29, 0.717) is 24.4 Å². The van der Waals surface area contributed by atoms with Gasteiger partial charge in [-0.05, 0) is 40.2 Å². The molecule has 1 N–H and O–H groups in total. The fourth-order valence-electron chi connectivity index (χ4n) is 1.97. The lowest BCUT2D eigenvalue weighted by molar-refractivity contribution is 0.0943. The van der Waals surface area contributed by atoms with Crippen LogP contribution in [0, 0.1) is 5.82 Å². The summed E-state index contributed by atoms with van der Waals surface area (Å²) in [6, 6.07) is 7.28. The Hall–Kier alpha value is -2.48. The van der Waals surface area contributed by atoms with Gasteiger partial charge in [0.25, 0.3) is 5.91 Å². The smallest absolute Gasteiger partial charge is 0.273 e. The number of halogens is 2. The highest BCUT2D eigenvalue weighted by Gasteiger charge is 2.13. The molecule has 0 unspecified atom stereocenters. The average molecular weight is 379 g/mol. The van der Waals surface area contributed by atoms with Crippen molar-refractivity contribution in [2.75, 3.05) is 6.54 Å². The van der Waals surface area contributed by atoms with Crippen LogP contribution >= 0.6 is 15.9 Å². The van der Waals surface area contributed by atoms with Crippen molar-refractivity contribution in [2.45, 2.75) is 6.54 Å². The molecule has 0 aliphatic rings. The van der Waals surface area contributed by atoms with Crippen LogP contribution in [0.25, 0.3) is 11.3 Å². The summed E-state index contributed by atoms with van der Waals surface area (Å²) in [6.07, 6.45) is 3.49. The molecular weight excluding hydrogens is 367 g/mol. The molecule has 1 aromatic carbocycles. The number of aromatic nitrogens is 3. The molecular formula is C15H12BrFN4O2. The summed E-state index contributed by atoms with van der Waals surface area (Å²) in [6.45, 7) is 0.950. The molecule has 0 radical (unpaired) electrons. The highest BCUT2D eigenvalue weighted by atomic mass is 79.9. The lowest BCUT2D eigenvalue weighted by Crippen LogP contribution is -2.27. The molecule has 3 rings (SSSR count). The number of nitrogens with zero attached hydrogens (tertiary/aromatic N) is 3. The fraction of sp³-hybridized carbons (Fsp3) is 0.133. The summed E-state index contributed by atoms with van der Waals surface area (Å²) >= 11 is 3.30. The quantitative estimate of drug-likeness (QED) is 0.740. The van der Waals surface area contributed by atoms with E-state index in [1.165, 1.54) is 18.2 Å². The Morgan fingerprint density at radius 2 is 2.13 bits per heavy atom. The molecule has 0 aliphatic heterocycles. The minimum absolute atomic E-state index is 0.172. The van der Waals surface area contributed by atoms with Gasteiger partial charge in [-0.25, -0.2) is 4.39 Å². The highest BCUT2D eigenvalue weighted by Crippen LogP contribution is 2.20. The van der Waals surface area contributed by atoms with Crippen LogP contribution in [0.15, 0.2) is 51.7 Å². The second-order valence-corrected chi connectivity index (χ2v) is 5.68. The van der Waals surface area contributed by atoms with Crippen molar-refractivity contribution in [3.8, 4) is 11.3 Å². The van der Waals surface area contributed by atoms with Crippen LogP contribution in [-0.4, -0.2) is 27.4 Å². The first kappa shape index (κ1) is 15.4. The number of amides is 1. The fourth-order valence-corrected chi connectivity index (χ4v) is 2.30. The van der Waals surface area contributed by atoms with Crippen LogP contribution in [-0.2, 0) is 6.54 Å². The Bertz CT molecular complexity index is 813. The number of nitrogens with one attached hydrogen (secondary N) is 1.